The van der Waals surface area contributed by atoms with Gasteiger partial charge in [-0.25, -0.2) is 9.78 Å². The third-order valence-electron chi connectivity index (χ3n) is 2.52. The van der Waals surface area contributed by atoms with Crippen molar-refractivity contribution in [3.05, 3.63) is 39.7 Å². The van der Waals surface area contributed by atoms with Crippen LogP contribution in [0, 0.1) is 6.92 Å². The van der Waals surface area contributed by atoms with Gasteiger partial charge in [-0.1, -0.05) is 11.6 Å². The van der Waals surface area contributed by atoms with Crippen molar-refractivity contribution in [1.29, 1.82) is 0 Å². The Kier molecular flexibility index (Phi) is 4.01. The molecular weight excluding hydrogens is 314 g/mol. The van der Waals surface area contributed by atoms with Gasteiger partial charge in [-0.15, -0.1) is 0 Å². The van der Waals surface area contributed by atoms with E-state index in [9.17, 15) is 4.79 Å². The largest absolute Gasteiger partial charge is 0.475 e. The second-order valence-corrected chi connectivity index (χ2v) is 4.87. The molecule has 100 valence electrons. The average Bonchev–Trinajstić information content (AvgIpc) is 2.77. The van der Waals surface area contributed by atoms with Crippen molar-refractivity contribution in [3.63, 3.8) is 0 Å². The number of aryl methyl sites for hydroxylation is 1. The van der Waals surface area contributed by atoms with Crippen LogP contribution in [0.5, 0.6) is 0 Å². The zero-order valence-corrected chi connectivity index (χ0v) is 12.0. The number of nitrogens with zero attached hydrogens (tertiary/aromatic N) is 1. The number of aromatic carboxylic acids is 1. The molecule has 0 saturated carbocycles. The van der Waals surface area contributed by atoms with Crippen molar-refractivity contribution in [1.82, 2.24) is 4.98 Å². The third-order valence-corrected chi connectivity index (χ3v) is 3.22. The van der Waals surface area contributed by atoms with Crippen LogP contribution < -0.4 is 0 Å². The molecule has 5 nitrogen and oxygen atoms in total. The molecule has 0 unspecified atom stereocenters. The van der Waals surface area contributed by atoms with E-state index < -0.39 is 5.97 Å². The van der Waals surface area contributed by atoms with Crippen molar-refractivity contribution in [3.8, 4) is 11.5 Å². The standard InChI is InChI=1S/C13H12BrNO4/c1-7-3-4-9(14)8(5-7)12-15-10(6-18-2)11(19-12)13(16)17/h3-5H,6H2,1-2H3,(H,16,17). The maximum Gasteiger partial charge on any atom is 0.373 e. The first-order valence-electron chi connectivity index (χ1n) is 5.51. The van der Waals surface area contributed by atoms with Gasteiger partial charge in [0, 0.05) is 11.6 Å². The monoisotopic (exact) mass is 325 g/mol. The molecule has 0 saturated heterocycles. The Hall–Kier alpha value is -1.66. The van der Waals surface area contributed by atoms with Crippen LogP contribution in [0.1, 0.15) is 21.8 Å². The Bertz CT molecular complexity index is 621. The number of methoxy groups -OCH3 is 1. The Labute approximate surface area is 118 Å². The number of halogens is 1. The lowest BCUT2D eigenvalue weighted by atomic mass is 10.1. The van der Waals surface area contributed by atoms with E-state index in [-0.39, 0.29) is 24.0 Å². The number of rotatable bonds is 4. The number of carboxylic acids is 1. The van der Waals surface area contributed by atoms with E-state index in [0.717, 1.165) is 10.0 Å². The summed E-state index contributed by atoms with van der Waals surface area (Å²) in [6.45, 7) is 2.03. The summed E-state index contributed by atoms with van der Waals surface area (Å²) in [5.41, 5.74) is 2.02. The number of hydrogen-bond donors (Lipinski definition) is 1. The summed E-state index contributed by atoms with van der Waals surface area (Å²) in [5, 5.41) is 9.08. The van der Waals surface area contributed by atoms with E-state index in [2.05, 4.69) is 20.9 Å². The highest BCUT2D eigenvalue weighted by atomic mass is 79.9. The Balaban J connectivity index is 2.53. The molecule has 1 aromatic heterocycles. The lowest BCUT2D eigenvalue weighted by Gasteiger charge is -2.00. The molecule has 2 rings (SSSR count). The second kappa shape index (κ2) is 5.54. The van der Waals surface area contributed by atoms with Crippen LogP contribution in [0.3, 0.4) is 0 Å². The van der Waals surface area contributed by atoms with Gasteiger partial charge in [0.15, 0.2) is 0 Å². The molecule has 1 aromatic carbocycles. The fraction of sp³-hybridized carbons (Fsp3) is 0.231. The maximum absolute atomic E-state index is 11.1. The van der Waals surface area contributed by atoms with E-state index in [1.54, 1.807) is 0 Å². The summed E-state index contributed by atoms with van der Waals surface area (Å²) < 4.78 is 11.0. The third kappa shape index (κ3) is 2.85. The molecule has 1 N–H and O–H groups in total. The summed E-state index contributed by atoms with van der Waals surface area (Å²) in [7, 11) is 1.47. The molecular formula is C13H12BrNO4. The van der Waals surface area contributed by atoms with Gasteiger partial charge >= 0.3 is 5.97 Å². The molecule has 0 aliphatic heterocycles. The topological polar surface area (TPSA) is 72.6 Å². The van der Waals surface area contributed by atoms with Crippen molar-refractivity contribution in [2.75, 3.05) is 7.11 Å². The summed E-state index contributed by atoms with van der Waals surface area (Å²) in [6, 6.07) is 5.67. The zero-order valence-electron chi connectivity index (χ0n) is 10.4. The summed E-state index contributed by atoms with van der Waals surface area (Å²) in [5.74, 6) is -1.08. The molecule has 0 aliphatic carbocycles. The van der Waals surface area contributed by atoms with Gasteiger partial charge in [0.1, 0.15) is 5.69 Å². The molecule has 0 fully saturated rings. The van der Waals surface area contributed by atoms with Crippen LogP contribution in [0.2, 0.25) is 0 Å². The molecule has 2 aromatic rings. The molecule has 0 radical (unpaired) electrons. The van der Waals surface area contributed by atoms with Gasteiger partial charge in [0.05, 0.1) is 12.2 Å². The number of benzene rings is 1. The van der Waals surface area contributed by atoms with Crippen molar-refractivity contribution in [2.24, 2.45) is 0 Å². The Morgan fingerprint density at radius 2 is 2.26 bits per heavy atom. The van der Waals surface area contributed by atoms with E-state index in [1.165, 1.54) is 7.11 Å². The van der Waals surface area contributed by atoms with Crippen LogP contribution in [-0.2, 0) is 11.3 Å². The highest BCUT2D eigenvalue weighted by Gasteiger charge is 2.21. The van der Waals surface area contributed by atoms with Crippen LogP contribution in [0.25, 0.3) is 11.5 Å². The first-order valence-corrected chi connectivity index (χ1v) is 6.30. The number of hydrogen-bond acceptors (Lipinski definition) is 4. The fourth-order valence-electron chi connectivity index (χ4n) is 1.67. The molecule has 0 amide bonds. The van der Waals surface area contributed by atoms with Gasteiger partial charge in [-0.2, -0.15) is 0 Å². The lowest BCUT2D eigenvalue weighted by molar-refractivity contribution is 0.0656. The zero-order chi connectivity index (χ0) is 14.0. The Morgan fingerprint density at radius 1 is 1.53 bits per heavy atom. The van der Waals surface area contributed by atoms with E-state index in [1.807, 2.05) is 25.1 Å². The fourth-order valence-corrected chi connectivity index (χ4v) is 2.09. The van der Waals surface area contributed by atoms with Gasteiger partial charge in [0.2, 0.25) is 11.7 Å². The minimum atomic E-state index is -1.16. The highest BCUT2D eigenvalue weighted by Crippen LogP contribution is 2.30. The van der Waals surface area contributed by atoms with Gasteiger partial charge in [0.25, 0.3) is 0 Å². The normalized spacial score (nSPS) is 10.7. The molecule has 19 heavy (non-hydrogen) atoms. The van der Waals surface area contributed by atoms with Crippen molar-refractivity contribution >= 4 is 21.9 Å². The van der Waals surface area contributed by atoms with Gasteiger partial charge in [-0.05, 0) is 35.0 Å². The summed E-state index contributed by atoms with van der Waals surface area (Å²) in [6.07, 6.45) is 0. The number of oxazole rings is 1. The molecule has 0 aliphatic rings. The van der Waals surface area contributed by atoms with E-state index >= 15 is 0 Å². The minimum absolute atomic E-state index is 0.0918. The maximum atomic E-state index is 11.1. The van der Waals surface area contributed by atoms with E-state index in [4.69, 9.17) is 14.3 Å². The highest BCUT2D eigenvalue weighted by molar-refractivity contribution is 9.10. The molecule has 6 heteroatoms. The molecule has 0 atom stereocenters. The Morgan fingerprint density at radius 3 is 2.89 bits per heavy atom. The number of aromatic nitrogens is 1. The predicted molar refractivity (Wildman–Crippen MR) is 72.0 cm³/mol. The summed E-state index contributed by atoms with van der Waals surface area (Å²) in [4.78, 5) is 15.3. The number of ether oxygens (including phenoxy) is 1. The number of carbonyl (C=O) groups is 1. The van der Waals surface area contributed by atoms with Crippen molar-refractivity contribution < 1.29 is 19.1 Å². The molecule has 1 heterocycles. The van der Waals surface area contributed by atoms with Crippen molar-refractivity contribution in [2.45, 2.75) is 13.5 Å². The first kappa shape index (κ1) is 13.8. The van der Waals surface area contributed by atoms with Crippen LogP contribution >= 0.6 is 15.9 Å². The quantitative estimate of drug-likeness (QED) is 0.934. The first-order chi connectivity index (χ1) is 9.02. The molecule has 0 bridgehead atoms. The predicted octanol–water partition coefficient (Wildman–Crippen LogP) is 3.26. The minimum Gasteiger partial charge on any atom is -0.475 e. The average molecular weight is 326 g/mol. The lowest BCUT2D eigenvalue weighted by Crippen LogP contribution is -2.00. The van der Waals surface area contributed by atoms with E-state index in [0.29, 0.717) is 5.56 Å². The second-order valence-electron chi connectivity index (χ2n) is 4.02. The van der Waals surface area contributed by atoms with Crippen LogP contribution in [0.4, 0.5) is 0 Å². The SMILES string of the molecule is COCc1nc(-c2cc(C)ccc2Br)oc1C(=O)O. The smallest absolute Gasteiger partial charge is 0.373 e. The number of carboxylic acid groups (broad SMARTS) is 1. The van der Waals surface area contributed by atoms with Gasteiger partial charge < -0.3 is 14.3 Å². The van der Waals surface area contributed by atoms with Gasteiger partial charge in [-0.3, -0.25) is 0 Å². The summed E-state index contributed by atoms with van der Waals surface area (Å²) >= 11 is 3.40. The molecule has 0 spiro atoms. The van der Waals surface area contributed by atoms with Crippen LogP contribution in [0.15, 0.2) is 27.1 Å². The van der Waals surface area contributed by atoms with Crippen LogP contribution in [-0.4, -0.2) is 23.2 Å².